The molecule has 7 nitrogen and oxygen atoms in total. The summed E-state index contributed by atoms with van der Waals surface area (Å²) in [4.78, 5) is 12.5. The van der Waals surface area contributed by atoms with E-state index in [1.54, 1.807) is 18.2 Å². The third kappa shape index (κ3) is 4.99. The molecule has 1 saturated carbocycles. The summed E-state index contributed by atoms with van der Waals surface area (Å²) in [5.41, 5.74) is 1.03. The molecule has 25 heavy (non-hydrogen) atoms. The summed E-state index contributed by atoms with van der Waals surface area (Å²) in [7, 11) is 0. The molecule has 0 radical (unpaired) electrons. The first kappa shape index (κ1) is 17.8. The van der Waals surface area contributed by atoms with Crippen LogP contribution in [0.4, 0.5) is 0 Å². The molecule has 0 saturated heterocycles. The topological polar surface area (TPSA) is 81.9 Å². The zero-order chi connectivity index (χ0) is 17.5. The number of carbonyl (C=O) groups is 1. The Morgan fingerprint density at radius 1 is 1.32 bits per heavy atom. The molecule has 1 heterocycles. The highest BCUT2D eigenvalue weighted by Gasteiger charge is 2.15. The summed E-state index contributed by atoms with van der Waals surface area (Å²) in [6.45, 7) is 1.22. The number of halogens is 1. The second kappa shape index (κ2) is 8.92. The number of nitrogens with one attached hydrogen (secondary N) is 1. The first-order chi connectivity index (χ1) is 12.2. The highest BCUT2D eigenvalue weighted by atomic mass is 35.5. The van der Waals surface area contributed by atoms with Gasteiger partial charge in [-0.25, -0.2) is 0 Å². The maximum atomic E-state index is 12.5. The molecule has 134 valence electrons. The van der Waals surface area contributed by atoms with E-state index in [0.29, 0.717) is 35.5 Å². The van der Waals surface area contributed by atoms with Crippen LogP contribution in [0.2, 0.25) is 5.02 Å². The van der Waals surface area contributed by atoms with Crippen LogP contribution in [0.3, 0.4) is 0 Å². The highest BCUT2D eigenvalue weighted by Crippen LogP contribution is 2.20. The number of hydrogen-bond acceptors (Lipinski definition) is 5. The highest BCUT2D eigenvalue weighted by molar-refractivity contribution is 6.31. The fourth-order valence-corrected chi connectivity index (χ4v) is 3.18. The van der Waals surface area contributed by atoms with Gasteiger partial charge in [-0.1, -0.05) is 30.9 Å². The van der Waals surface area contributed by atoms with E-state index in [4.69, 9.17) is 16.3 Å². The van der Waals surface area contributed by atoms with E-state index in [9.17, 15) is 4.79 Å². The van der Waals surface area contributed by atoms with Crippen LogP contribution in [0.25, 0.3) is 5.69 Å². The van der Waals surface area contributed by atoms with Gasteiger partial charge in [0.05, 0.1) is 17.4 Å². The van der Waals surface area contributed by atoms with E-state index < -0.39 is 0 Å². The Morgan fingerprint density at radius 3 is 2.92 bits per heavy atom. The van der Waals surface area contributed by atoms with Crippen LogP contribution in [0.15, 0.2) is 24.5 Å². The van der Waals surface area contributed by atoms with Crippen LogP contribution in [0.5, 0.6) is 0 Å². The number of hydrogen-bond donors (Lipinski definition) is 1. The number of benzene rings is 1. The number of amides is 1. The molecule has 1 aliphatic carbocycles. The average Bonchev–Trinajstić information content (AvgIpc) is 3.16. The lowest BCUT2D eigenvalue weighted by Crippen LogP contribution is -2.27. The molecule has 1 N–H and O–H groups in total. The number of carbonyl (C=O) groups excluding carboxylic acids is 1. The molecular formula is C17H22ClN5O2. The minimum Gasteiger partial charge on any atom is -0.378 e. The molecule has 1 aromatic carbocycles. The minimum absolute atomic E-state index is 0.203. The Hall–Kier alpha value is -1.99. The molecule has 2 aromatic rings. The molecule has 1 fully saturated rings. The maximum Gasteiger partial charge on any atom is 0.253 e. The lowest BCUT2D eigenvalue weighted by Gasteiger charge is -2.21. The Labute approximate surface area is 151 Å². The van der Waals surface area contributed by atoms with E-state index >= 15 is 0 Å². The molecule has 0 aliphatic heterocycles. The van der Waals surface area contributed by atoms with Crippen molar-refractivity contribution in [2.24, 2.45) is 0 Å². The lowest BCUT2D eigenvalue weighted by molar-refractivity contribution is 0.0273. The van der Waals surface area contributed by atoms with Crippen molar-refractivity contribution in [3.05, 3.63) is 35.1 Å². The predicted molar refractivity (Wildman–Crippen MR) is 93.9 cm³/mol. The summed E-state index contributed by atoms with van der Waals surface area (Å²) < 4.78 is 7.31. The van der Waals surface area contributed by atoms with Crippen molar-refractivity contribution in [3.8, 4) is 5.69 Å². The van der Waals surface area contributed by atoms with Crippen LogP contribution >= 0.6 is 11.6 Å². The first-order valence-corrected chi connectivity index (χ1v) is 9.04. The third-order valence-electron chi connectivity index (χ3n) is 4.31. The van der Waals surface area contributed by atoms with Crippen molar-refractivity contribution in [2.45, 2.75) is 44.6 Å². The van der Waals surface area contributed by atoms with Gasteiger partial charge in [0.2, 0.25) is 0 Å². The Balaban J connectivity index is 1.50. The van der Waals surface area contributed by atoms with Gasteiger partial charge < -0.3 is 10.1 Å². The number of rotatable bonds is 7. The number of ether oxygens (including phenoxy) is 1. The summed E-state index contributed by atoms with van der Waals surface area (Å²) in [5.74, 6) is -0.203. The van der Waals surface area contributed by atoms with Crippen molar-refractivity contribution in [1.82, 2.24) is 25.5 Å². The zero-order valence-corrected chi connectivity index (χ0v) is 14.8. The average molecular weight is 364 g/mol. The van der Waals surface area contributed by atoms with E-state index in [0.717, 1.165) is 19.3 Å². The van der Waals surface area contributed by atoms with Gasteiger partial charge in [-0.2, -0.15) is 4.68 Å². The van der Waals surface area contributed by atoms with Crippen LogP contribution in [-0.4, -0.2) is 45.4 Å². The lowest BCUT2D eigenvalue weighted by atomic mass is 9.98. The molecular weight excluding hydrogens is 342 g/mol. The minimum atomic E-state index is -0.203. The summed E-state index contributed by atoms with van der Waals surface area (Å²) in [6.07, 6.45) is 8.77. The van der Waals surface area contributed by atoms with E-state index in [2.05, 4.69) is 20.8 Å². The molecule has 0 bridgehead atoms. The molecule has 1 aromatic heterocycles. The van der Waals surface area contributed by atoms with Gasteiger partial charge in [0.1, 0.15) is 6.33 Å². The Morgan fingerprint density at radius 2 is 2.16 bits per heavy atom. The van der Waals surface area contributed by atoms with Crippen LogP contribution in [0.1, 0.15) is 48.9 Å². The van der Waals surface area contributed by atoms with Crippen LogP contribution < -0.4 is 5.32 Å². The monoisotopic (exact) mass is 363 g/mol. The molecule has 0 spiro atoms. The molecule has 1 amide bonds. The number of aromatic nitrogens is 4. The molecule has 8 heteroatoms. The zero-order valence-electron chi connectivity index (χ0n) is 14.0. The molecule has 1 aliphatic rings. The van der Waals surface area contributed by atoms with Gasteiger partial charge in [0.25, 0.3) is 5.91 Å². The SMILES string of the molecule is O=C(NCCCOC1CCCCC1)c1cc(Cl)ccc1-n1cnnn1. The normalized spacial score (nSPS) is 15.2. The fraction of sp³-hybridized carbons (Fsp3) is 0.529. The second-order valence-electron chi connectivity index (χ2n) is 6.16. The van der Waals surface area contributed by atoms with Gasteiger partial charge in [-0.05, 0) is 47.9 Å². The van der Waals surface area contributed by atoms with Crippen molar-refractivity contribution >= 4 is 17.5 Å². The second-order valence-corrected chi connectivity index (χ2v) is 6.59. The first-order valence-electron chi connectivity index (χ1n) is 8.67. The summed E-state index contributed by atoms with van der Waals surface area (Å²) in [5, 5.41) is 14.4. The van der Waals surface area contributed by atoms with E-state index in [1.807, 2.05) is 0 Å². The van der Waals surface area contributed by atoms with Gasteiger partial charge in [0.15, 0.2) is 0 Å². The van der Waals surface area contributed by atoms with E-state index in [-0.39, 0.29) is 5.91 Å². The van der Waals surface area contributed by atoms with Gasteiger partial charge in [-0.3, -0.25) is 4.79 Å². The van der Waals surface area contributed by atoms with Crippen molar-refractivity contribution in [2.75, 3.05) is 13.2 Å². The number of tetrazole rings is 1. The maximum absolute atomic E-state index is 12.5. The van der Waals surface area contributed by atoms with Crippen molar-refractivity contribution in [3.63, 3.8) is 0 Å². The van der Waals surface area contributed by atoms with Gasteiger partial charge >= 0.3 is 0 Å². The number of nitrogens with zero attached hydrogens (tertiary/aromatic N) is 4. The van der Waals surface area contributed by atoms with Gasteiger partial charge in [0, 0.05) is 18.2 Å². The quantitative estimate of drug-likeness (QED) is 0.765. The summed E-state index contributed by atoms with van der Waals surface area (Å²) in [6, 6.07) is 5.04. The summed E-state index contributed by atoms with van der Waals surface area (Å²) >= 11 is 6.03. The predicted octanol–water partition coefficient (Wildman–Crippen LogP) is 2.78. The van der Waals surface area contributed by atoms with Crippen LogP contribution in [0, 0.1) is 0 Å². The largest absolute Gasteiger partial charge is 0.378 e. The molecule has 3 rings (SSSR count). The van der Waals surface area contributed by atoms with Gasteiger partial charge in [-0.15, -0.1) is 5.10 Å². The van der Waals surface area contributed by atoms with Crippen molar-refractivity contribution in [1.29, 1.82) is 0 Å². The van der Waals surface area contributed by atoms with E-state index in [1.165, 1.54) is 30.3 Å². The smallest absolute Gasteiger partial charge is 0.253 e. The Kier molecular flexibility index (Phi) is 6.36. The molecule has 0 unspecified atom stereocenters. The Bertz CT molecular complexity index is 686. The molecule has 0 atom stereocenters. The standard InChI is InChI=1S/C17H22ClN5O2/c18-13-7-8-16(23-12-20-21-22-23)15(11-13)17(24)19-9-4-10-25-14-5-2-1-3-6-14/h7-8,11-12,14H,1-6,9-10H2,(H,19,24). The third-order valence-corrected chi connectivity index (χ3v) is 4.55. The van der Waals surface area contributed by atoms with Crippen molar-refractivity contribution < 1.29 is 9.53 Å². The van der Waals surface area contributed by atoms with Crippen LogP contribution in [-0.2, 0) is 4.74 Å². The fourth-order valence-electron chi connectivity index (χ4n) is 3.01.